The number of rotatable bonds is 9. The van der Waals surface area contributed by atoms with Crippen molar-refractivity contribution < 1.29 is 32.3 Å². The first-order valence-corrected chi connectivity index (χ1v) is 10.9. The molecule has 1 aromatic carbocycles. The van der Waals surface area contributed by atoms with Crippen molar-refractivity contribution in [2.45, 2.75) is 71.1 Å². The Bertz CT molecular complexity index is 699. The van der Waals surface area contributed by atoms with E-state index in [9.17, 15) is 13.8 Å². The molecule has 1 aliphatic rings. The Morgan fingerprint density at radius 1 is 1.36 bits per heavy atom. The van der Waals surface area contributed by atoms with Gasteiger partial charge in [-0.25, -0.2) is 8.96 Å². The third-order valence-electron chi connectivity index (χ3n) is 4.33. The zero-order valence-electron chi connectivity index (χ0n) is 16.9. The van der Waals surface area contributed by atoms with E-state index in [-0.39, 0.29) is 19.1 Å². The fourth-order valence-corrected chi connectivity index (χ4v) is 4.23. The van der Waals surface area contributed by atoms with E-state index in [0.717, 1.165) is 0 Å². The van der Waals surface area contributed by atoms with Crippen molar-refractivity contribution in [3.8, 4) is 5.75 Å². The maximum absolute atomic E-state index is 14.3. The van der Waals surface area contributed by atoms with Gasteiger partial charge in [-0.1, -0.05) is 18.2 Å². The van der Waals surface area contributed by atoms with Gasteiger partial charge in [-0.3, -0.25) is 9.32 Å². The summed E-state index contributed by atoms with van der Waals surface area (Å²) in [5.41, 5.74) is -1.49. The SMILES string of the molecule is CC(C)OC(=O)[C@H](C)NP(=O)(OC[C@@H]1C[C@@](C)(F)[C@H](C)O1)Oc1ccccc1. The highest BCUT2D eigenvalue weighted by atomic mass is 31.2. The van der Waals surface area contributed by atoms with Crippen LogP contribution in [0.1, 0.15) is 41.0 Å². The molecule has 1 aromatic rings. The fourth-order valence-electron chi connectivity index (χ4n) is 2.70. The first-order chi connectivity index (χ1) is 13.0. The lowest BCUT2D eigenvalue weighted by atomic mass is 10.00. The first-order valence-electron chi connectivity index (χ1n) is 9.32. The molecule has 0 radical (unpaired) electrons. The van der Waals surface area contributed by atoms with Gasteiger partial charge in [0.1, 0.15) is 17.5 Å². The van der Waals surface area contributed by atoms with Gasteiger partial charge in [-0.2, -0.15) is 5.09 Å². The summed E-state index contributed by atoms with van der Waals surface area (Å²) in [7, 11) is -3.96. The van der Waals surface area contributed by atoms with Gasteiger partial charge in [0.15, 0.2) is 0 Å². The number of esters is 1. The van der Waals surface area contributed by atoms with Crippen molar-refractivity contribution >= 4 is 13.7 Å². The largest absolute Gasteiger partial charge is 0.462 e. The Hall–Kier alpha value is -1.47. The third-order valence-corrected chi connectivity index (χ3v) is 5.97. The van der Waals surface area contributed by atoms with Crippen molar-refractivity contribution in [1.82, 2.24) is 5.09 Å². The van der Waals surface area contributed by atoms with Crippen molar-refractivity contribution in [2.75, 3.05) is 6.61 Å². The van der Waals surface area contributed by atoms with Crippen molar-refractivity contribution in [3.05, 3.63) is 30.3 Å². The van der Waals surface area contributed by atoms with Crippen LogP contribution in [0, 0.1) is 0 Å². The number of ether oxygens (including phenoxy) is 2. The Labute approximate surface area is 165 Å². The van der Waals surface area contributed by atoms with Crippen molar-refractivity contribution in [1.29, 1.82) is 0 Å². The number of hydrogen-bond acceptors (Lipinski definition) is 6. The Kier molecular flexibility index (Phi) is 7.62. The molecule has 7 nitrogen and oxygen atoms in total. The zero-order chi connectivity index (χ0) is 20.9. The minimum absolute atomic E-state index is 0.116. The van der Waals surface area contributed by atoms with Gasteiger partial charge < -0.3 is 14.0 Å². The Morgan fingerprint density at radius 2 is 2.00 bits per heavy atom. The molecule has 1 saturated heterocycles. The van der Waals surface area contributed by atoms with E-state index >= 15 is 0 Å². The lowest BCUT2D eigenvalue weighted by Gasteiger charge is -2.24. The van der Waals surface area contributed by atoms with Crippen LogP contribution in [-0.4, -0.2) is 42.6 Å². The fraction of sp³-hybridized carbons (Fsp3) is 0.632. The summed E-state index contributed by atoms with van der Waals surface area (Å²) in [4.78, 5) is 12.1. The minimum atomic E-state index is -3.96. The molecule has 0 saturated carbocycles. The average molecular weight is 417 g/mol. The standard InChI is InChI=1S/C19H29FNO6P/c1-13(2)25-18(22)14(3)21-28(23,27-16-9-7-6-8-10-16)24-12-17-11-19(5,20)15(4)26-17/h6-10,13-15,17H,11-12H2,1-5H3,(H,21,23)/t14-,15-,17-,19+,28?/m0/s1. The zero-order valence-corrected chi connectivity index (χ0v) is 17.8. The molecule has 0 amide bonds. The second-order valence-electron chi connectivity index (χ2n) is 7.42. The number of benzene rings is 1. The van der Waals surface area contributed by atoms with Crippen LogP contribution in [0.25, 0.3) is 0 Å². The highest BCUT2D eigenvalue weighted by Crippen LogP contribution is 2.46. The molecule has 28 heavy (non-hydrogen) atoms. The Morgan fingerprint density at radius 3 is 2.54 bits per heavy atom. The summed E-state index contributed by atoms with van der Waals surface area (Å²) in [6.45, 7) is 7.89. The van der Waals surface area contributed by atoms with Crippen LogP contribution in [-0.2, 0) is 23.4 Å². The molecule has 0 spiro atoms. The van der Waals surface area contributed by atoms with E-state index in [4.69, 9.17) is 18.5 Å². The van der Waals surface area contributed by atoms with Gasteiger partial charge in [0.25, 0.3) is 0 Å². The quantitative estimate of drug-likeness (QED) is 0.480. The van der Waals surface area contributed by atoms with E-state index in [1.165, 1.54) is 13.8 Å². The predicted molar refractivity (Wildman–Crippen MR) is 103 cm³/mol. The molecule has 2 rings (SSSR count). The summed E-state index contributed by atoms with van der Waals surface area (Å²) in [6, 6.07) is 7.50. The minimum Gasteiger partial charge on any atom is -0.462 e. The molecular weight excluding hydrogens is 388 g/mol. The lowest BCUT2D eigenvalue weighted by molar-refractivity contribution is -0.149. The lowest BCUT2D eigenvalue weighted by Crippen LogP contribution is -2.36. The van der Waals surface area contributed by atoms with Gasteiger partial charge in [-0.05, 0) is 46.8 Å². The van der Waals surface area contributed by atoms with Gasteiger partial charge in [-0.15, -0.1) is 0 Å². The summed E-state index contributed by atoms with van der Waals surface area (Å²) >= 11 is 0. The molecule has 0 bridgehead atoms. The van der Waals surface area contributed by atoms with E-state index < -0.39 is 37.6 Å². The van der Waals surface area contributed by atoms with Crippen LogP contribution in [0.4, 0.5) is 4.39 Å². The van der Waals surface area contributed by atoms with Gasteiger partial charge in [0, 0.05) is 6.42 Å². The maximum Gasteiger partial charge on any atom is 0.459 e. The molecule has 1 aliphatic heterocycles. The number of carbonyl (C=O) groups is 1. The number of para-hydroxylation sites is 1. The summed E-state index contributed by atoms with van der Waals surface area (Å²) in [6.07, 6.45) is -1.37. The molecule has 0 aromatic heterocycles. The third kappa shape index (κ3) is 6.55. The Balaban J connectivity index is 2.07. The van der Waals surface area contributed by atoms with Crippen LogP contribution in [0.3, 0.4) is 0 Å². The second-order valence-corrected chi connectivity index (χ2v) is 9.11. The van der Waals surface area contributed by atoms with Crippen LogP contribution in [0.15, 0.2) is 30.3 Å². The number of carbonyl (C=O) groups excluding carboxylic acids is 1. The predicted octanol–water partition coefficient (Wildman–Crippen LogP) is 4.03. The molecule has 1 unspecified atom stereocenters. The molecule has 1 N–H and O–H groups in total. The van der Waals surface area contributed by atoms with Gasteiger partial charge in [0.05, 0.1) is 24.9 Å². The number of hydrogen-bond donors (Lipinski definition) is 1. The van der Waals surface area contributed by atoms with Gasteiger partial charge >= 0.3 is 13.7 Å². The number of alkyl halides is 1. The van der Waals surface area contributed by atoms with Crippen LogP contribution >= 0.6 is 7.75 Å². The van der Waals surface area contributed by atoms with E-state index in [0.29, 0.717) is 5.75 Å². The van der Waals surface area contributed by atoms with Crippen molar-refractivity contribution in [2.24, 2.45) is 0 Å². The molecule has 158 valence electrons. The van der Waals surface area contributed by atoms with E-state index in [1.807, 2.05) is 0 Å². The number of nitrogens with one attached hydrogen (secondary N) is 1. The highest BCUT2D eigenvalue weighted by Gasteiger charge is 2.44. The molecule has 0 aliphatic carbocycles. The van der Waals surface area contributed by atoms with Crippen molar-refractivity contribution in [3.63, 3.8) is 0 Å². The van der Waals surface area contributed by atoms with E-state index in [1.54, 1.807) is 51.1 Å². The molecule has 1 heterocycles. The van der Waals surface area contributed by atoms with Gasteiger partial charge in [0.2, 0.25) is 0 Å². The maximum atomic E-state index is 14.3. The summed E-state index contributed by atoms with van der Waals surface area (Å²) < 4.78 is 49.3. The van der Waals surface area contributed by atoms with E-state index in [2.05, 4.69) is 5.09 Å². The normalized spacial score (nSPS) is 28.0. The first kappa shape index (κ1) is 22.8. The number of halogens is 1. The van der Waals surface area contributed by atoms with Crippen LogP contribution in [0.5, 0.6) is 5.75 Å². The molecule has 9 heteroatoms. The molecular formula is C19H29FNO6P. The monoisotopic (exact) mass is 417 g/mol. The second kappa shape index (κ2) is 9.35. The summed E-state index contributed by atoms with van der Waals surface area (Å²) in [5.74, 6) is -0.281. The van der Waals surface area contributed by atoms with Crippen LogP contribution in [0.2, 0.25) is 0 Å². The average Bonchev–Trinajstić information content (AvgIpc) is 2.86. The smallest absolute Gasteiger partial charge is 0.459 e. The topological polar surface area (TPSA) is 83.1 Å². The highest BCUT2D eigenvalue weighted by molar-refractivity contribution is 7.52. The van der Waals surface area contributed by atoms with Crippen LogP contribution < -0.4 is 9.61 Å². The molecule has 1 fully saturated rings. The summed E-state index contributed by atoms with van der Waals surface area (Å²) in [5, 5.41) is 2.59. The molecule has 5 atom stereocenters.